The number of hydrogen-bond donors (Lipinski definition) is 2. The Balaban J connectivity index is 1.63. The summed E-state index contributed by atoms with van der Waals surface area (Å²) in [4.78, 5) is 25.1. The molecule has 1 saturated carbocycles. The van der Waals surface area contributed by atoms with Crippen molar-refractivity contribution in [3.63, 3.8) is 0 Å². The third-order valence-electron chi connectivity index (χ3n) is 4.40. The van der Waals surface area contributed by atoms with Crippen molar-refractivity contribution in [2.45, 2.75) is 26.3 Å². The van der Waals surface area contributed by atoms with Crippen LogP contribution in [0.2, 0.25) is 0 Å². The summed E-state index contributed by atoms with van der Waals surface area (Å²) in [5.74, 6) is -0.563. The van der Waals surface area contributed by atoms with Crippen molar-refractivity contribution in [1.29, 1.82) is 5.26 Å². The first-order valence-electron chi connectivity index (χ1n) is 8.19. The molecule has 0 spiro atoms. The molecule has 2 aromatic rings. The lowest BCUT2D eigenvalue weighted by Gasteiger charge is -2.15. The van der Waals surface area contributed by atoms with Gasteiger partial charge in [-0.05, 0) is 43.5 Å². The number of carbonyl (C=O) groups is 2. The van der Waals surface area contributed by atoms with Crippen LogP contribution in [0.3, 0.4) is 0 Å². The molecule has 25 heavy (non-hydrogen) atoms. The van der Waals surface area contributed by atoms with E-state index in [1.54, 1.807) is 24.3 Å². The van der Waals surface area contributed by atoms with Gasteiger partial charge in [0, 0.05) is 12.2 Å². The average Bonchev–Trinajstić information content (AvgIpc) is 3.42. The second kappa shape index (κ2) is 6.78. The van der Waals surface area contributed by atoms with Crippen molar-refractivity contribution >= 4 is 17.5 Å². The summed E-state index contributed by atoms with van der Waals surface area (Å²) < 4.78 is 0. The number of aryl methyl sites for hydroxylation is 1. The van der Waals surface area contributed by atoms with Crippen LogP contribution in [0.1, 0.15) is 29.5 Å². The molecule has 0 unspecified atom stereocenters. The summed E-state index contributed by atoms with van der Waals surface area (Å²) in [5, 5.41) is 14.6. The predicted octanol–water partition coefficient (Wildman–Crippen LogP) is 2.90. The van der Waals surface area contributed by atoms with E-state index >= 15 is 0 Å². The van der Waals surface area contributed by atoms with Crippen molar-refractivity contribution in [2.75, 3.05) is 5.32 Å². The molecule has 2 N–H and O–H groups in total. The molecule has 3 rings (SSSR count). The topological polar surface area (TPSA) is 82.0 Å². The fourth-order valence-corrected chi connectivity index (χ4v) is 2.77. The molecule has 1 fully saturated rings. The van der Waals surface area contributed by atoms with Crippen LogP contribution in [0, 0.1) is 23.7 Å². The maximum atomic E-state index is 12.5. The molecule has 0 aromatic heterocycles. The quantitative estimate of drug-likeness (QED) is 0.826. The van der Waals surface area contributed by atoms with Crippen LogP contribution in [-0.2, 0) is 16.1 Å². The first-order chi connectivity index (χ1) is 12.0. The van der Waals surface area contributed by atoms with Crippen LogP contribution in [0.15, 0.2) is 48.5 Å². The van der Waals surface area contributed by atoms with E-state index in [1.807, 2.05) is 37.3 Å². The first-order valence-corrected chi connectivity index (χ1v) is 8.19. The van der Waals surface area contributed by atoms with Crippen LogP contribution < -0.4 is 10.6 Å². The second-order valence-corrected chi connectivity index (χ2v) is 6.40. The molecule has 0 saturated heterocycles. The standard InChI is InChI=1S/C20H19N3O2/c1-14-4-2-6-16(10-14)13-22-18(24)20(8-9-20)19(25)23-17-7-3-5-15(11-17)12-21/h2-7,10-11H,8-9,13H2,1H3,(H,22,24)(H,23,25). The highest BCUT2D eigenvalue weighted by Gasteiger charge is 2.56. The first kappa shape index (κ1) is 16.7. The monoisotopic (exact) mass is 333 g/mol. The zero-order valence-corrected chi connectivity index (χ0v) is 14.0. The summed E-state index contributed by atoms with van der Waals surface area (Å²) >= 11 is 0. The SMILES string of the molecule is Cc1cccc(CNC(=O)C2(C(=O)Nc3cccc(C#N)c3)CC2)c1. The van der Waals surface area contributed by atoms with Gasteiger partial charge in [0.15, 0.2) is 0 Å². The van der Waals surface area contributed by atoms with Gasteiger partial charge in [0.25, 0.3) is 0 Å². The Morgan fingerprint density at radius 1 is 1.12 bits per heavy atom. The predicted molar refractivity (Wildman–Crippen MR) is 94.5 cm³/mol. The minimum Gasteiger partial charge on any atom is -0.351 e. The lowest BCUT2D eigenvalue weighted by molar-refractivity contribution is -0.134. The number of nitrogens with zero attached hydrogens (tertiary/aromatic N) is 1. The molecule has 2 aromatic carbocycles. The molecule has 126 valence electrons. The zero-order chi connectivity index (χ0) is 17.9. The third-order valence-corrected chi connectivity index (χ3v) is 4.40. The number of nitriles is 1. The molecule has 0 aliphatic heterocycles. The van der Waals surface area contributed by atoms with Gasteiger partial charge in [-0.1, -0.05) is 35.9 Å². The van der Waals surface area contributed by atoms with Gasteiger partial charge in [0.2, 0.25) is 11.8 Å². The van der Waals surface area contributed by atoms with E-state index in [9.17, 15) is 9.59 Å². The highest BCUT2D eigenvalue weighted by molar-refractivity contribution is 6.13. The normalized spacial score (nSPS) is 14.2. The van der Waals surface area contributed by atoms with Crippen LogP contribution in [0.25, 0.3) is 0 Å². The molecule has 2 amide bonds. The highest BCUT2D eigenvalue weighted by atomic mass is 16.2. The number of hydrogen-bond acceptors (Lipinski definition) is 3. The Hall–Kier alpha value is -3.13. The number of rotatable bonds is 5. The second-order valence-electron chi connectivity index (χ2n) is 6.40. The number of carbonyl (C=O) groups excluding carboxylic acids is 2. The maximum Gasteiger partial charge on any atom is 0.240 e. The van der Waals surface area contributed by atoms with Gasteiger partial charge >= 0.3 is 0 Å². The summed E-state index contributed by atoms with van der Waals surface area (Å²) in [6.07, 6.45) is 1.08. The lowest BCUT2D eigenvalue weighted by Crippen LogP contribution is -2.39. The van der Waals surface area contributed by atoms with Gasteiger partial charge in [0.05, 0.1) is 11.6 Å². The van der Waals surface area contributed by atoms with E-state index in [1.165, 1.54) is 0 Å². The highest BCUT2D eigenvalue weighted by Crippen LogP contribution is 2.46. The number of nitrogens with one attached hydrogen (secondary N) is 2. The Kier molecular flexibility index (Phi) is 4.53. The van der Waals surface area contributed by atoms with Gasteiger partial charge < -0.3 is 10.6 Å². The fourth-order valence-electron chi connectivity index (χ4n) is 2.77. The van der Waals surface area contributed by atoms with E-state index in [-0.39, 0.29) is 11.8 Å². The summed E-state index contributed by atoms with van der Waals surface area (Å²) in [7, 11) is 0. The third kappa shape index (κ3) is 3.69. The molecule has 0 atom stereocenters. The van der Waals surface area contributed by atoms with Gasteiger partial charge in [-0.15, -0.1) is 0 Å². The average molecular weight is 333 g/mol. The van der Waals surface area contributed by atoms with Crippen molar-refractivity contribution in [3.8, 4) is 6.07 Å². The van der Waals surface area contributed by atoms with Gasteiger partial charge in [0.1, 0.15) is 5.41 Å². The summed E-state index contributed by atoms with van der Waals surface area (Å²) in [5.41, 5.74) is 2.13. The van der Waals surface area contributed by atoms with Crippen molar-refractivity contribution in [3.05, 3.63) is 65.2 Å². The minimum atomic E-state index is -0.994. The van der Waals surface area contributed by atoms with Crippen LogP contribution in [0.4, 0.5) is 5.69 Å². The Morgan fingerprint density at radius 2 is 1.88 bits per heavy atom. The van der Waals surface area contributed by atoms with Gasteiger partial charge in [-0.2, -0.15) is 5.26 Å². The molecule has 0 heterocycles. The Bertz CT molecular complexity index is 863. The maximum absolute atomic E-state index is 12.5. The molecule has 5 heteroatoms. The van der Waals surface area contributed by atoms with Crippen molar-refractivity contribution in [1.82, 2.24) is 5.32 Å². The molecule has 0 bridgehead atoms. The minimum absolute atomic E-state index is 0.247. The smallest absolute Gasteiger partial charge is 0.240 e. The van der Waals surface area contributed by atoms with E-state index in [0.717, 1.165) is 11.1 Å². The van der Waals surface area contributed by atoms with E-state index in [4.69, 9.17) is 5.26 Å². The zero-order valence-electron chi connectivity index (χ0n) is 14.0. The number of benzene rings is 2. The largest absolute Gasteiger partial charge is 0.351 e. The molecular formula is C20H19N3O2. The molecule has 1 aliphatic rings. The van der Waals surface area contributed by atoms with Crippen LogP contribution in [-0.4, -0.2) is 11.8 Å². The fraction of sp³-hybridized carbons (Fsp3) is 0.250. The van der Waals surface area contributed by atoms with Gasteiger partial charge in [-0.25, -0.2) is 0 Å². The van der Waals surface area contributed by atoms with E-state index in [0.29, 0.717) is 30.6 Å². The molecule has 5 nitrogen and oxygen atoms in total. The number of amides is 2. The van der Waals surface area contributed by atoms with Crippen LogP contribution in [0.5, 0.6) is 0 Å². The lowest BCUT2D eigenvalue weighted by atomic mass is 10.0. The number of anilines is 1. The van der Waals surface area contributed by atoms with E-state index in [2.05, 4.69) is 10.6 Å². The molecule has 1 aliphatic carbocycles. The van der Waals surface area contributed by atoms with Crippen LogP contribution >= 0.6 is 0 Å². The van der Waals surface area contributed by atoms with Gasteiger partial charge in [-0.3, -0.25) is 9.59 Å². The van der Waals surface area contributed by atoms with E-state index < -0.39 is 5.41 Å². The van der Waals surface area contributed by atoms with Crippen molar-refractivity contribution in [2.24, 2.45) is 5.41 Å². The summed E-state index contributed by atoms with van der Waals surface area (Å²) in [6.45, 7) is 2.40. The molecular weight excluding hydrogens is 314 g/mol. The van der Waals surface area contributed by atoms with Crippen molar-refractivity contribution < 1.29 is 9.59 Å². The summed E-state index contributed by atoms with van der Waals surface area (Å²) in [6, 6.07) is 16.6. The molecule has 0 radical (unpaired) electrons. The Labute approximate surface area is 146 Å². The Morgan fingerprint density at radius 3 is 2.56 bits per heavy atom.